The standard InChI is InChI=1S/C14H15NO4S2/c1-4-15-13(17)12(21-14(15)20)11(16)8-5-6-9(18-2)10(7-8)19-3/h5-7,17H,4H2,1-3H3. The molecule has 0 amide bonds. The third-order valence-electron chi connectivity index (χ3n) is 3.04. The Labute approximate surface area is 131 Å². The van der Waals surface area contributed by atoms with Crippen molar-refractivity contribution in [2.45, 2.75) is 13.5 Å². The average Bonchev–Trinajstić information content (AvgIpc) is 2.79. The zero-order chi connectivity index (χ0) is 15.6. The summed E-state index contributed by atoms with van der Waals surface area (Å²) in [4.78, 5) is 12.7. The lowest BCUT2D eigenvalue weighted by molar-refractivity contribution is 0.103. The summed E-state index contributed by atoms with van der Waals surface area (Å²) in [6, 6.07) is 4.86. The lowest BCUT2D eigenvalue weighted by atomic mass is 10.1. The van der Waals surface area contributed by atoms with Crippen LogP contribution < -0.4 is 9.47 Å². The minimum absolute atomic E-state index is 0.0905. The highest BCUT2D eigenvalue weighted by molar-refractivity contribution is 7.73. The Hall–Kier alpha value is -1.86. The maximum absolute atomic E-state index is 12.5. The average molecular weight is 325 g/mol. The molecule has 2 aromatic rings. The van der Waals surface area contributed by atoms with E-state index in [1.165, 1.54) is 18.8 Å². The maximum atomic E-state index is 12.5. The predicted molar refractivity (Wildman–Crippen MR) is 83.5 cm³/mol. The van der Waals surface area contributed by atoms with Crippen molar-refractivity contribution in [3.05, 3.63) is 32.6 Å². The van der Waals surface area contributed by atoms with Gasteiger partial charge in [0.1, 0.15) is 4.88 Å². The van der Waals surface area contributed by atoms with Crippen LogP contribution in [0.1, 0.15) is 22.2 Å². The second-order valence-corrected chi connectivity index (χ2v) is 5.81. The van der Waals surface area contributed by atoms with Crippen LogP contribution in [-0.2, 0) is 6.54 Å². The van der Waals surface area contributed by atoms with Gasteiger partial charge in [-0.25, -0.2) is 0 Å². The first-order valence-electron chi connectivity index (χ1n) is 6.22. The van der Waals surface area contributed by atoms with Crippen LogP contribution in [-0.4, -0.2) is 29.7 Å². The van der Waals surface area contributed by atoms with Crippen LogP contribution in [0.5, 0.6) is 17.4 Å². The highest BCUT2D eigenvalue weighted by Gasteiger charge is 2.21. The molecular formula is C14H15NO4S2. The molecule has 0 atom stereocenters. The molecule has 0 unspecified atom stereocenters. The topological polar surface area (TPSA) is 60.7 Å². The van der Waals surface area contributed by atoms with Gasteiger partial charge in [-0.2, -0.15) is 0 Å². The van der Waals surface area contributed by atoms with E-state index in [0.29, 0.717) is 27.6 Å². The normalized spacial score (nSPS) is 10.4. The van der Waals surface area contributed by atoms with E-state index in [4.69, 9.17) is 21.7 Å². The number of carbonyl (C=O) groups excluding carboxylic acids is 1. The van der Waals surface area contributed by atoms with E-state index in [1.807, 2.05) is 6.92 Å². The molecule has 5 nitrogen and oxygen atoms in total. The van der Waals surface area contributed by atoms with Crippen molar-refractivity contribution in [1.82, 2.24) is 4.57 Å². The van der Waals surface area contributed by atoms with Gasteiger partial charge < -0.3 is 14.6 Å². The van der Waals surface area contributed by atoms with E-state index in [0.717, 1.165) is 11.3 Å². The molecule has 2 rings (SSSR count). The second-order valence-electron chi connectivity index (χ2n) is 4.16. The fraction of sp³-hybridized carbons (Fsp3) is 0.286. The van der Waals surface area contributed by atoms with E-state index < -0.39 is 0 Å². The Morgan fingerprint density at radius 2 is 2.00 bits per heavy atom. The molecule has 1 N–H and O–H groups in total. The number of thiazole rings is 1. The van der Waals surface area contributed by atoms with Crippen molar-refractivity contribution in [1.29, 1.82) is 0 Å². The molecule has 0 fully saturated rings. The Balaban J connectivity index is 2.48. The Morgan fingerprint density at radius 3 is 2.52 bits per heavy atom. The first kappa shape index (κ1) is 15.5. The second kappa shape index (κ2) is 6.28. The van der Waals surface area contributed by atoms with Gasteiger partial charge in [-0.05, 0) is 37.3 Å². The minimum Gasteiger partial charge on any atom is -0.493 e. The van der Waals surface area contributed by atoms with Crippen LogP contribution in [0, 0.1) is 3.95 Å². The van der Waals surface area contributed by atoms with Crippen molar-refractivity contribution in [2.24, 2.45) is 0 Å². The van der Waals surface area contributed by atoms with Crippen molar-refractivity contribution < 1.29 is 19.4 Å². The van der Waals surface area contributed by atoms with Gasteiger partial charge in [0.15, 0.2) is 15.5 Å². The minimum atomic E-state index is -0.295. The highest BCUT2D eigenvalue weighted by atomic mass is 32.1. The molecule has 0 saturated carbocycles. The molecule has 1 aromatic heterocycles. The van der Waals surface area contributed by atoms with Gasteiger partial charge in [0.2, 0.25) is 11.7 Å². The molecule has 0 bridgehead atoms. The fourth-order valence-electron chi connectivity index (χ4n) is 1.93. The van der Waals surface area contributed by atoms with Gasteiger partial charge >= 0.3 is 0 Å². The lowest BCUT2D eigenvalue weighted by Gasteiger charge is -2.08. The molecule has 0 spiro atoms. The number of methoxy groups -OCH3 is 2. The fourth-order valence-corrected chi connectivity index (χ4v) is 3.31. The predicted octanol–water partition coefficient (Wildman–Crippen LogP) is 3.25. The van der Waals surface area contributed by atoms with Crippen molar-refractivity contribution in [3.8, 4) is 17.4 Å². The summed E-state index contributed by atoms with van der Waals surface area (Å²) in [6.07, 6.45) is 0. The number of hydrogen-bond donors (Lipinski definition) is 1. The number of ether oxygens (including phenoxy) is 2. The summed E-state index contributed by atoms with van der Waals surface area (Å²) in [5.74, 6) is 0.613. The lowest BCUT2D eigenvalue weighted by Crippen LogP contribution is -2.02. The van der Waals surface area contributed by atoms with Gasteiger partial charge in [-0.1, -0.05) is 11.3 Å². The van der Waals surface area contributed by atoms with E-state index in [2.05, 4.69) is 0 Å². The molecule has 1 heterocycles. The van der Waals surface area contributed by atoms with Gasteiger partial charge in [-0.3, -0.25) is 9.36 Å². The van der Waals surface area contributed by atoms with Gasteiger partial charge in [0, 0.05) is 12.1 Å². The van der Waals surface area contributed by atoms with Crippen LogP contribution >= 0.6 is 23.6 Å². The third-order valence-corrected chi connectivity index (χ3v) is 4.47. The summed E-state index contributed by atoms with van der Waals surface area (Å²) in [6.45, 7) is 2.37. The van der Waals surface area contributed by atoms with E-state index in [1.54, 1.807) is 18.2 Å². The molecule has 7 heteroatoms. The summed E-state index contributed by atoms with van der Waals surface area (Å²) in [5, 5.41) is 10.1. The van der Waals surface area contributed by atoms with Crippen LogP contribution in [0.3, 0.4) is 0 Å². The molecule has 0 radical (unpaired) electrons. The van der Waals surface area contributed by atoms with Gasteiger partial charge in [-0.15, -0.1) is 0 Å². The number of aromatic nitrogens is 1. The summed E-state index contributed by atoms with van der Waals surface area (Å²) in [7, 11) is 3.03. The number of ketones is 1. The quantitative estimate of drug-likeness (QED) is 0.675. The highest BCUT2D eigenvalue weighted by Crippen LogP contribution is 2.32. The van der Waals surface area contributed by atoms with E-state index in [-0.39, 0.29) is 16.5 Å². The summed E-state index contributed by atoms with van der Waals surface area (Å²) < 4.78 is 12.3. The molecule has 0 aliphatic heterocycles. The van der Waals surface area contributed by atoms with Crippen molar-refractivity contribution >= 4 is 29.3 Å². The smallest absolute Gasteiger partial charge is 0.214 e. The first-order valence-corrected chi connectivity index (χ1v) is 7.45. The Morgan fingerprint density at radius 1 is 1.33 bits per heavy atom. The Bertz CT molecular complexity index is 733. The molecular weight excluding hydrogens is 310 g/mol. The largest absolute Gasteiger partial charge is 0.493 e. The van der Waals surface area contributed by atoms with Crippen LogP contribution in [0.4, 0.5) is 0 Å². The zero-order valence-corrected chi connectivity index (χ0v) is 13.5. The summed E-state index contributed by atoms with van der Waals surface area (Å²) in [5.41, 5.74) is 0.405. The van der Waals surface area contributed by atoms with Gasteiger partial charge in [0.05, 0.1) is 14.2 Å². The Kier molecular flexibility index (Phi) is 4.64. The maximum Gasteiger partial charge on any atom is 0.214 e. The molecule has 21 heavy (non-hydrogen) atoms. The number of hydrogen-bond acceptors (Lipinski definition) is 6. The monoisotopic (exact) mass is 325 g/mol. The molecule has 0 saturated heterocycles. The molecule has 112 valence electrons. The summed E-state index contributed by atoms with van der Waals surface area (Å²) >= 11 is 6.24. The van der Waals surface area contributed by atoms with Crippen molar-refractivity contribution in [2.75, 3.05) is 14.2 Å². The number of aromatic hydroxyl groups is 1. The molecule has 0 aliphatic carbocycles. The SMILES string of the molecule is CCn1c(O)c(C(=O)c2ccc(OC)c(OC)c2)sc1=S. The number of carbonyl (C=O) groups is 1. The zero-order valence-electron chi connectivity index (χ0n) is 11.9. The molecule has 1 aromatic carbocycles. The van der Waals surface area contributed by atoms with Crippen molar-refractivity contribution in [3.63, 3.8) is 0 Å². The number of nitrogens with zero attached hydrogens (tertiary/aromatic N) is 1. The first-order chi connectivity index (χ1) is 10.0. The molecule has 0 aliphatic rings. The van der Waals surface area contributed by atoms with E-state index >= 15 is 0 Å². The third kappa shape index (κ3) is 2.79. The van der Waals surface area contributed by atoms with Gasteiger partial charge in [0.25, 0.3) is 0 Å². The number of benzene rings is 1. The van der Waals surface area contributed by atoms with Crippen LogP contribution in [0.2, 0.25) is 0 Å². The van der Waals surface area contributed by atoms with E-state index in [9.17, 15) is 9.90 Å². The van der Waals surface area contributed by atoms with Crippen LogP contribution in [0.25, 0.3) is 0 Å². The number of rotatable bonds is 5. The van der Waals surface area contributed by atoms with Crippen LogP contribution in [0.15, 0.2) is 18.2 Å².